The molecule has 0 saturated carbocycles. The molecule has 0 fully saturated rings. The number of nitrogens with zero attached hydrogens (tertiary/aromatic N) is 1. The van der Waals surface area contributed by atoms with Crippen LogP contribution in [0.2, 0.25) is 0 Å². The van der Waals surface area contributed by atoms with E-state index >= 15 is 0 Å². The molecule has 5 nitrogen and oxygen atoms in total. The van der Waals surface area contributed by atoms with Crippen LogP contribution in [0.4, 0.5) is 0 Å². The van der Waals surface area contributed by atoms with Crippen LogP contribution in [0.3, 0.4) is 0 Å². The minimum absolute atomic E-state index is 0.00773. The van der Waals surface area contributed by atoms with E-state index in [0.29, 0.717) is 12.2 Å². The van der Waals surface area contributed by atoms with Gasteiger partial charge in [0.25, 0.3) is 0 Å². The van der Waals surface area contributed by atoms with E-state index in [9.17, 15) is 15.2 Å². The standard InChI is InChI=1S/C9H11NO4/c1-14-9-3-2-7(6-8(9)11)4-5-10(12)13/h2-3,6,11H,4-5H2,1H3. The number of aromatic hydroxyl groups is 1. The molecule has 0 aliphatic heterocycles. The molecule has 0 unspecified atom stereocenters. The summed E-state index contributed by atoms with van der Waals surface area (Å²) in [4.78, 5) is 9.71. The Morgan fingerprint density at radius 3 is 2.79 bits per heavy atom. The highest BCUT2D eigenvalue weighted by molar-refractivity contribution is 5.41. The van der Waals surface area contributed by atoms with E-state index in [2.05, 4.69) is 0 Å². The summed E-state index contributed by atoms with van der Waals surface area (Å²) in [6, 6.07) is 4.76. The third kappa shape index (κ3) is 2.62. The summed E-state index contributed by atoms with van der Waals surface area (Å²) in [6.45, 7) is -0.133. The molecule has 1 N–H and O–H groups in total. The van der Waals surface area contributed by atoms with Crippen LogP contribution in [0.15, 0.2) is 18.2 Å². The second-order valence-corrected chi connectivity index (χ2v) is 2.81. The van der Waals surface area contributed by atoms with Crippen molar-refractivity contribution >= 4 is 0 Å². The molecule has 5 heteroatoms. The van der Waals surface area contributed by atoms with Crippen molar-refractivity contribution in [3.05, 3.63) is 33.9 Å². The highest BCUT2D eigenvalue weighted by Gasteiger charge is 2.04. The Bertz CT molecular complexity index is 338. The summed E-state index contributed by atoms with van der Waals surface area (Å²) in [5.41, 5.74) is 0.722. The van der Waals surface area contributed by atoms with Gasteiger partial charge in [0, 0.05) is 11.3 Å². The second kappa shape index (κ2) is 4.45. The molecule has 1 rings (SSSR count). The van der Waals surface area contributed by atoms with Gasteiger partial charge in [-0.05, 0) is 17.7 Å². The monoisotopic (exact) mass is 197 g/mol. The molecule has 14 heavy (non-hydrogen) atoms. The van der Waals surface area contributed by atoms with Crippen LogP contribution < -0.4 is 4.74 Å². The Balaban J connectivity index is 2.71. The minimum atomic E-state index is -0.388. The summed E-state index contributed by atoms with van der Waals surface area (Å²) in [7, 11) is 1.45. The molecule has 1 aromatic rings. The highest BCUT2D eigenvalue weighted by atomic mass is 16.6. The third-order valence-corrected chi connectivity index (χ3v) is 1.83. The maximum absolute atomic E-state index is 10.1. The van der Waals surface area contributed by atoms with Crippen molar-refractivity contribution in [1.82, 2.24) is 0 Å². The van der Waals surface area contributed by atoms with Gasteiger partial charge in [-0.25, -0.2) is 0 Å². The molecular weight excluding hydrogens is 186 g/mol. The Morgan fingerprint density at radius 1 is 1.57 bits per heavy atom. The smallest absolute Gasteiger partial charge is 0.207 e. The summed E-state index contributed by atoms with van der Waals surface area (Å²) >= 11 is 0. The number of hydrogen-bond donors (Lipinski definition) is 1. The minimum Gasteiger partial charge on any atom is -0.504 e. The fourth-order valence-corrected chi connectivity index (χ4v) is 1.11. The van der Waals surface area contributed by atoms with Gasteiger partial charge in [-0.15, -0.1) is 0 Å². The van der Waals surface area contributed by atoms with E-state index in [1.54, 1.807) is 12.1 Å². The molecule has 0 atom stereocenters. The predicted octanol–water partition coefficient (Wildman–Crippen LogP) is 1.22. The molecule has 0 spiro atoms. The molecule has 0 bridgehead atoms. The first-order chi connectivity index (χ1) is 6.63. The van der Waals surface area contributed by atoms with Crippen molar-refractivity contribution in [3.63, 3.8) is 0 Å². The second-order valence-electron chi connectivity index (χ2n) is 2.81. The fourth-order valence-electron chi connectivity index (χ4n) is 1.11. The van der Waals surface area contributed by atoms with Crippen LogP contribution in [-0.4, -0.2) is 23.7 Å². The SMILES string of the molecule is COc1ccc(CC[N+](=O)[O-])cc1O. The number of hydrogen-bond acceptors (Lipinski definition) is 4. The van der Waals surface area contributed by atoms with Crippen molar-refractivity contribution in [2.75, 3.05) is 13.7 Å². The van der Waals surface area contributed by atoms with E-state index in [4.69, 9.17) is 4.74 Å². The summed E-state index contributed by atoms with van der Waals surface area (Å²) in [5.74, 6) is 0.378. The van der Waals surface area contributed by atoms with Gasteiger partial charge in [0.2, 0.25) is 6.54 Å². The molecule has 0 saturated heterocycles. The van der Waals surface area contributed by atoms with Crippen molar-refractivity contribution in [2.45, 2.75) is 6.42 Å². The van der Waals surface area contributed by atoms with E-state index < -0.39 is 0 Å². The number of benzene rings is 1. The molecule has 0 aliphatic rings. The van der Waals surface area contributed by atoms with Gasteiger partial charge in [0.05, 0.1) is 7.11 Å². The molecule has 76 valence electrons. The zero-order valence-corrected chi connectivity index (χ0v) is 7.77. The Hall–Kier alpha value is -1.78. The third-order valence-electron chi connectivity index (χ3n) is 1.83. The van der Waals surface area contributed by atoms with Gasteiger partial charge in [-0.3, -0.25) is 10.1 Å². The van der Waals surface area contributed by atoms with Gasteiger partial charge < -0.3 is 9.84 Å². The van der Waals surface area contributed by atoms with Crippen LogP contribution in [-0.2, 0) is 6.42 Å². The van der Waals surface area contributed by atoms with Crippen molar-refractivity contribution in [1.29, 1.82) is 0 Å². The Morgan fingerprint density at radius 2 is 2.29 bits per heavy atom. The average Bonchev–Trinajstić information content (AvgIpc) is 2.15. The Labute approximate surface area is 81.1 Å². The molecular formula is C9H11NO4. The number of ether oxygens (including phenoxy) is 1. The predicted molar refractivity (Wildman–Crippen MR) is 50.2 cm³/mol. The van der Waals surface area contributed by atoms with Gasteiger partial charge in [-0.1, -0.05) is 6.07 Å². The number of phenolic OH excluding ortho intramolecular Hbond substituents is 1. The van der Waals surface area contributed by atoms with Crippen molar-refractivity contribution < 1.29 is 14.8 Å². The van der Waals surface area contributed by atoms with Gasteiger partial charge >= 0.3 is 0 Å². The molecule has 0 aliphatic carbocycles. The van der Waals surface area contributed by atoms with E-state index in [-0.39, 0.29) is 17.2 Å². The van der Waals surface area contributed by atoms with Crippen molar-refractivity contribution in [3.8, 4) is 11.5 Å². The lowest BCUT2D eigenvalue weighted by Crippen LogP contribution is -2.03. The van der Waals surface area contributed by atoms with Crippen LogP contribution in [0.1, 0.15) is 5.56 Å². The Kier molecular flexibility index (Phi) is 3.28. The largest absolute Gasteiger partial charge is 0.504 e. The molecule has 0 aromatic heterocycles. The van der Waals surface area contributed by atoms with E-state index in [1.165, 1.54) is 13.2 Å². The lowest BCUT2D eigenvalue weighted by molar-refractivity contribution is -0.479. The first kappa shape index (κ1) is 10.3. The average molecular weight is 197 g/mol. The van der Waals surface area contributed by atoms with E-state index in [0.717, 1.165) is 5.56 Å². The summed E-state index contributed by atoms with van der Waals surface area (Å²) < 4.78 is 4.84. The first-order valence-electron chi connectivity index (χ1n) is 4.11. The van der Waals surface area contributed by atoms with Crippen LogP contribution in [0, 0.1) is 10.1 Å². The normalized spacial score (nSPS) is 9.79. The first-order valence-corrected chi connectivity index (χ1v) is 4.11. The quantitative estimate of drug-likeness (QED) is 0.581. The van der Waals surface area contributed by atoms with Crippen LogP contribution in [0.5, 0.6) is 11.5 Å². The lowest BCUT2D eigenvalue weighted by atomic mass is 10.1. The molecule has 0 amide bonds. The van der Waals surface area contributed by atoms with Crippen LogP contribution in [0.25, 0.3) is 0 Å². The summed E-state index contributed by atoms with van der Waals surface area (Å²) in [6.07, 6.45) is 0.310. The van der Waals surface area contributed by atoms with Gasteiger partial charge in [0.15, 0.2) is 11.5 Å². The van der Waals surface area contributed by atoms with Gasteiger partial charge in [0.1, 0.15) is 0 Å². The highest BCUT2D eigenvalue weighted by Crippen LogP contribution is 2.26. The molecule has 0 radical (unpaired) electrons. The zero-order chi connectivity index (χ0) is 10.6. The summed E-state index contributed by atoms with van der Waals surface area (Å²) in [5, 5.41) is 19.5. The number of nitro groups is 1. The number of methoxy groups -OCH3 is 1. The number of phenols is 1. The van der Waals surface area contributed by atoms with Gasteiger partial charge in [-0.2, -0.15) is 0 Å². The van der Waals surface area contributed by atoms with Crippen LogP contribution >= 0.6 is 0 Å². The topological polar surface area (TPSA) is 72.6 Å². The molecule has 1 aromatic carbocycles. The van der Waals surface area contributed by atoms with Crippen molar-refractivity contribution in [2.24, 2.45) is 0 Å². The maximum atomic E-state index is 10.1. The zero-order valence-electron chi connectivity index (χ0n) is 7.77. The molecule has 0 heterocycles. The van der Waals surface area contributed by atoms with E-state index in [1.807, 2.05) is 0 Å². The maximum Gasteiger partial charge on any atom is 0.207 e. The fraction of sp³-hybridized carbons (Fsp3) is 0.333. The lowest BCUT2D eigenvalue weighted by Gasteiger charge is -2.04. The number of rotatable bonds is 4.